The number of pyridine rings is 1. The molecule has 196 valence electrons. The molecule has 0 atom stereocenters. The van der Waals surface area contributed by atoms with Crippen LogP contribution in [0.2, 0.25) is 0 Å². The van der Waals surface area contributed by atoms with Gasteiger partial charge in [0.1, 0.15) is 5.56 Å². The summed E-state index contributed by atoms with van der Waals surface area (Å²) in [5.74, 6) is -0.316. The highest BCUT2D eigenvalue weighted by Crippen LogP contribution is 2.35. The summed E-state index contributed by atoms with van der Waals surface area (Å²) >= 11 is 0. The van der Waals surface area contributed by atoms with Gasteiger partial charge in [-0.15, -0.1) is 0 Å². The van der Waals surface area contributed by atoms with Crippen LogP contribution in [-0.4, -0.2) is 60.9 Å². The second kappa shape index (κ2) is 11.2. The van der Waals surface area contributed by atoms with Crippen LogP contribution in [0.25, 0.3) is 10.8 Å². The molecule has 2 heterocycles. The van der Waals surface area contributed by atoms with Crippen molar-refractivity contribution in [3.8, 4) is 0 Å². The fourth-order valence-electron chi connectivity index (χ4n) is 6.19. The number of amides is 1. The molecule has 2 aromatic carbocycles. The van der Waals surface area contributed by atoms with Crippen molar-refractivity contribution in [2.75, 3.05) is 40.0 Å². The Hall–Kier alpha value is -3.00. The molecule has 1 saturated carbocycles. The molecule has 1 saturated heterocycles. The van der Waals surface area contributed by atoms with Crippen molar-refractivity contribution in [2.24, 2.45) is 0 Å². The summed E-state index contributed by atoms with van der Waals surface area (Å²) < 4.78 is 13.1. The number of ether oxygens (including phenoxy) is 2. The summed E-state index contributed by atoms with van der Waals surface area (Å²) in [6, 6.07) is 16.1. The third-order valence-electron chi connectivity index (χ3n) is 8.14. The quantitative estimate of drug-likeness (QED) is 0.505. The monoisotopic (exact) mass is 503 g/mol. The summed E-state index contributed by atoms with van der Waals surface area (Å²) in [6.45, 7) is 6.40. The molecular formula is C30H37N3O4. The highest BCUT2D eigenvalue weighted by Gasteiger charge is 2.40. The zero-order valence-electron chi connectivity index (χ0n) is 21.9. The van der Waals surface area contributed by atoms with Gasteiger partial charge in [-0.05, 0) is 36.1 Å². The van der Waals surface area contributed by atoms with Gasteiger partial charge in [-0.3, -0.25) is 14.5 Å². The third-order valence-corrected chi connectivity index (χ3v) is 8.14. The predicted molar refractivity (Wildman–Crippen MR) is 145 cm³/mol. The number of morpholine rings is 1. The van der Waals surface area contributed by atoms with Gasteiger partial charge in [0.25, 0.3) is 5.91 Å². The number of hydrogen-bond donors (Lipinski definition) is 1. The minimum Gasteiger partial charge on any atom is -0.379 e. The lowest BCUT2D eigenvalue weighted by Gasteiger charge is -2.43. The lowest BCUT2D eigenvalue weighted by Crippen LogP contribution is -2.57. The Kier molecular flexibility index (Phi) is 7.74. The number of nitrogens with zero attached hydrogens (tertiary/aromatic N) is 2. The van der Waals surface area contributed by atoms with Gasteiger partial charge in [0.15, 0.2) is 5.43 Å². The van der Waals surface area contributed by atoms with Crippen LogP contribution >= 0.6 is 0 Å². The largest absolute Gasteiger partial charge is 0.379 e. The summed E-state index contributed by atoms with van der Waals surface area (Å²) in [5.41, 5.74) is 2.41. The van der Waals surface area contributed by atoms with Crippen molar-refractivity contribution < 1.29 is 14.3 Å². The molecule has 0 spiro atoms. The van der Waals surface area contributed by atoms with E-state index in [1.165, 1.54) is 0 Å². The maximum Gasteiger partial charge on any atom is 0.257 e. The van der Waals surface area contributed by atoms with Crippen molar-refractivity contribution in [1.82, 2.24) is 14.8 Å². The van der Waals surface area contributed by atoms with Gasteiger partial charge in [0.05, 0.1) is 25.5 Å². The molecule has 7 heteroatoms. The number of carbonyl (C=O) groups is 1. The zero-order chi connectivity index (χ0) is 25.8. The third kappa shape index (κ3) is 5.21. The zero-order valence-corrected chi connectivity index (χ0v) is 21.9. The number of hydrogen-bond acceptors (Lipinski definition) is 5. The van der Waals surface area contributed by atoms with Crippen LogP contribution in [-0.2, 0) is 22.6 Å². The second-order valence-electron chi connectivity index (χ2n) is 10.3. The summed E-state index contributed by atoms with van der Waals surface area (Å²) in [5, 5.41) is 5.49. The Labute approximate surface area is 218 Å². The average molecular weight is 504 g/mol. The molecular weight excluding hydrogens is 466 g/mol. The number of aromatic nitrogens is 1. The van der Waals surface area contributed by atoms with Crippen molar-refractivity contribution >= 4 is 16.7 Å². The van der Waals surface area contributed by atoms with Gasteiger partial charge in [-0.2, -0.15) is 0 Å². The van der Waals surface area contributed by atoms with Gasteiger partial charge in [0, 0.05) is 50.6 Å². The van der Waals surface area contributed by atoms with E-state index in [0.717, 1.165) is 74.0 Å². The number of nitrogens with one attached hydrogen (secondary N) is 1. The Morgan fingerprint density at radius 2 is 1.81 bits per heavy atom. The Bertz CT molecular complexity index is 1310. The normalized spacial score (nSPS) is 17.8. The summed E-state index contributed by atoms with van der Waals surface area (Å²) in [7, 11) is 1.60. The minimum absolute atomic E-state index is 0.0620. The van der Waals surface area contributed by atoms with Crippen LogP contribution in [0, 0.1) is 6.92 Å². The van der Waals surface area contributed by atoms with Crippen LogP contribution in [0.1, 0.15) is 53.0 Å². The van der Waals surface area contributed by atoms with Crippen LogP contribution in [0.5, 0.6) is 0 Å². The van der Waals surface area contributed by atoms with Crippen LogP contribution in [0.4, 0.5) is 0 Å². The van der Waals surface area contributed by atoms with Gasteiger partial charge < -0.3 is 19.4 Å². The van der Waals surface area contributed by atoms with Gasteiger partial charge in [-0.25, -0.2) is 0 Å². The molecule has 1 aromatic heterocycles. The van der Waals surface area contributed by atoms with Gasteiger partial charge >= 0.3 is 0 Å². The first-order valence-electron chi connectivity index (χ1n) is 13.3. The molecule has 0 bridgehead atoms. The van der Waals surface area contributed by atoms with Gasteiger partial charge in [0.2, 0.25) is 0 Å². The van der Waals surface area contributed by atoms with Crippen LogP contribution < -0.4 is 10.7 Å². The molecule has 1 aliphatic carbocycles. The molecule has 0 unspecified atom stereocenters. The Morgan fingerprint density at radius 1 is 1.08 bits per heavy atom. The van der Waals surface area contributed by atoms with Crippen LogP contribution in [0.15, 0.2) is 53.3 Å². The van der Waals surface area contributed by atoms with Crippen molar-refractivity contribution in [3.63, 3.8) is 0 Å². The number of rotatable bonds is 8. The number of carbonyl (C=O) groups excluding carboxylic acids is 1. The molecule has 2 fully saturated rings. The van der Waals surface area contributed by atoms with E-state index in [0.29, 0.717) is 18.8 Å². The number of methoxy groups -OCH3 is 1. The second-order valence-corrected chi connectivity index (χ2v) is 10.3. The van der Waals surface area contributed by atoms with E-state index in [4.69, 9.17) is 9.47 Å². The standard InChI is InChI=1S/C30H37N3O4/c1-22-18-27(34)28(29(35)31-21-30(12-5-6-13-30)32-14-16-37-17-15-32)26(20-36-2)33(22)19-24-10-7-9-23-8-3-4-11-25(23)24/h3-4,7-11,18H,5-6,12-17,19-21H2,1-2H3,(H,31,35). The summed E-state index contributed by atoms with van der Waals surface area (Å²) in [4.78, 5) is 29.3. The molecule has 1 aliphatic heterocycles. The Balaban J connectivity index is 1.46. The van der Waals surface area contributed by atoms with E-state index < -0.39 is 0 Å². The molecule has 37 heavy (non-hydrogen) atoms. The molecule has 5 rings (SSSR count). The van der Waals surface area contributed by atoms with E-state index in [2.05, 4.69) is 39.0 Å². The van der Waals surface area contributed by atoms with Crippen LogP contribution in [0.3, 0.4) is 0 Å². The van der Waals surface area contributed by atoms with E-state index in [9.17, 15) is 9.59 Å². The van der Waals surface area contributed by atoms with Crippen molar-refractivity contribution in [2.45, 2.75) is 51.3 Å². The maximum absolute atomic E-state index is 13.6. The van der Waals surface area contributed by atoms with E-state index in [-0.39, 0.29) is 29.0 Å². The number of aryl methyl sites for hydroxylation is 1. The molecule has 1 N–H and O–H groups in total. The smallest absolute Gasteiger partial charge is 0.257 e. The highest BCUT2D eigenvalue weighted by atomic mass is 16.5. The predicted octanol–water partition coefficient (Wildman–Crippen LogP) is 3.88. The maximum atomic E-state index is 13.6. The highest BCUT2D eigenvalue weighted by molar-refractivity contribution is 5.95. The Morgan fingerprint density at radius 3 is 2.57 bits per heavy atom. The minimum atomic E-state index is -0.316. The van der Waals surface area contributed by atoms with E-state index >= 15 is 0 Å². The molecule has 0 radical (unpaired) electrons. The first-order valence-corrected chi connectivity index (χ1v) is 13.3. The van der Waals surface area contributed by atoms with E-state index in [1.807, 2.05) is 25.1 Å². The van der Waals surface area contributed by atoms with E-state index in [1.54, 1.807) is 13.2 Å². The molecule has 7 nitrogen and oxygen atoms in total. The number of benzene rings is 2. The van der Waals surface area contributed by atoms with Crippen molar-refractivity contribution in [1.29, 1.82) is 0 Å². The van der Waals surface area contributed by atoms with Gasteiger partial charge in [-0.1, -0.05) is 55.3 Å². The van der Waals surface area contributed by atoms with Crippen molar-refractivity contribution in [3.05, 3.63) is 81.3 Å². The lowest BCUT2D eigenvalue weighted by atomic mass is 9.94. The average Bonchev–Trinajstić information content (AvgIpc) is 3.40. The molecule has 3 aromatic rings. The topological polar surface area (TPSA) is 72.8 Å². The first kappa shape index (κ1) is 25.6. The fraction of sp³-hybridized carbons (Fsp3) is 0.467. The first-order chi connectivity index (χ1) is 18.0. The number of fused-ring (bicyclic) bond motifs is 1. The summed E-state index contributed by atoms with van der Waals surface area (Å²) in [6.07, 6.45) is 4.42. The lowest BCUT2D eigenvalue weighted by molar-refractivity contribution is -0.0199. The fourth-order valence-corrected chi connectivity index (χ4v) is 6.19. The molecule has 1 amide bonds. The SMILES string of the molecule is COCc1c(C(=O)NCC2(N3CCOCC3)CCCC2)c(=O)cc(C)n1Cc1cccc2ccccc12. The molecule has 2 aliphatic rings.